The number of nitrogens with one attached hydrogen (secondary N) is 2. The zero-order valence-corrected chi connectivity index (χ0v) is 10.6. The van der Waals surface area contributed by atoms with Crippen LogP contribution in [0.3, 0.4) is 0 Å². The third-order valence-electron chi connectivity index (χ3n) is 2.09. The average Bonchev–Trinajstić information content (AvgIpc) is 2.76. The Hall–Kier alpha value is -2.09. The van der Waals surface area contributed by atoms with E-state index in [4.69, 9.17) is 14.4 Å². The first-order valence-electron chi connectivity index (χ1n) is 5.81. The summed E-state index contributed by atoms with van der Waals surface area (Å²) < 4.78 is 9.93. The fourth-order valence-corrected chi connectivity index (χ4v) is 1.23. The molecule has 8 nitrogen and oxygen atoms in total. The van der Waals surface area contributed by atoms with Crippen LogP contribution >= 0.6 is 0 Å². The van der Waals surface area contributed by atoms with Crippen LogP contribution in [0, 0.1) is 6.92 Å². The Morgan fingerprint density at radius 1 is 1.42 bits per heavy atom. The highest BCUT2D eigenvalue weighted by molar-refractivity contribution is 5.73. The van der Waals surface area contributed by atoms with Gasteiger partial charge in [-0.05, 0) is 6.92 Å². The number of carbonyl (C=O) groups excluding carboxylic acids is 1. The van der Waals surface area contributed by atoms with E-state index in [9.17, 15) is 9.59 Å². The molecule has 3 N–H and O–H groups in total. The number of hydrogen-bond donors (Lipinski definition) is 3. The van der Waals surface area contributed by atoms with Crippen molar-refractivity contribution in [1.29, 1.82) is 0 Å². The summed E-state index contributed by atoms with van der Waals surface area (Å²) in [7, 11) is 0. The van der Waals surface area contributed by atoms with Crippen molar-refractivity contribution in [3.63, 3.8) is 0 Å². The quantitative estimate of drug-likeness (QED) is 0.585. The second-order valence-corrected chi connectivity index (χ2v) is 3.80. The summed E-state index contributed by atoms with van der Waals surface area (Å²) in [5, 5.41) is 17.2. The number of hydrogen-bond acceptors (Lipinski definition) is 5. The van der Waals surface area contributed by atoms with Crippen molar-refractivity contribution >= 4 is 12.0 Å². The number of nitrogens with zero attached hydrogens (tertiary/aromatic N) is 1. The van der Waals surface area contributed by atoms with Gasteiger partial charge in [-0.1, -0.05) is 5.16 Å². The van der Waals surface area contributed by atoms with E-state index in [1.165, 1.54) is 0 Å². The Morgan fingerprint density at radius 3 is 2.84 bits per heavy atom. The molecule has 1 heterocycles. The van der Waals surface area contributed by atoms with Crippen LogP contribution in [-0.4, -0.2) is 42.0 Å². The maximum absolute atomic E-state index is 11.3. The molecule has 0 radical (unpaired) electrons. The molecule has 0 saturated heterocycles. The monoisotopic (exact) mass is 271 g/mol. The molecule has 19 heavy (non-hydrogen) atoms. The Bertz CT molecular complexity index is 418. The minimum Gasteiger partial charge on any atom is -0.481 e. The number of carboxylic acid groups (broad SMARTS) is 1. The molecule has 0 saturated carbocycles. The lowest BCUT2D eigenvalue weighted by atomic mass is 10.4. The number of aliphatic carboxylic acids is 1. The van der Waals surface area contributed by atoms with Gasteiger partial charge in [-0.3, -0.25) is 4.79 Å². The van der Waals surface area contributed by atoms with Crippen molar-refractivity contribution in [2.45, 2.75) is 19.9 Å². The molecule has 0 spiro atoms. The topological polar surface area (TPSA) is 114 Å². The molecule has 1 aromatic rings. The van der Waals surface area contributed by atoms with Crippen LogP contribution in [-0.2, 0) is 16.1 Å². The molecular formula is C11H17N3O5. The summed E-state index contributed by atoms with van der Waals surface area (Å²) in [6.07, 6.45) is -0.0446. The first-order valence-corrected chi connectivity index (χ1v) is 5.81. The molecule has 106 valence electrons. The predicted molar refractivity (Wildman–Crippen MR) is 64.6 cm³/mol. The fourth-order valence-electron chi connectivity index (χ4n) is 1.23. The van der Waals surface area contributed by atoms with Crippen LogP contribution in [0.1, 0.15) is 17.9 Å². The van der Waals surface area contributed by atoms with Crippen LogP contribution in [0.5, 0.6) is 0 Å². The molecule has 0 aliphatic rings. The zero-order valence-electron chi connectivity index (χ0n) is 10.6. The number of aromatic nitrogens is 1. The largest absolute Gasteiger partial charge is 0.481 e. The minimum absolute atomic E-state index is 0.0446. The number of carboxylic acids is 1. The van der Waals surface area contributed by atoms with Gasteiger partial charge < -0.3 is 25.0 Å². The number of aryl methyl sites for hydroxylation is 1. The van der Waals surface area contributed by atoms with Gasteiger partial charge in [0.15, 0.2) is 5.76 Å². The van der Waals surface area contributed by atoms with Crippen LogP contribution < -0.4 is 10.6 Å². The molecule has 0 fully saturated rings. The molecule has 8 heteroatoms. The lowest BCUT2D eigenvalue weighted by Gasteiger charge is -2.06. The summed E-state index contributed by atoms with van der Waals surface area (Å²) in [5.74, 6) is -0.335. The Kier molecular flexibility index (Phi) is 6.37. The van der Waals surface area contributed by atoms with Crippen molar-refractivity contribution in [1.82, 2.24) is 15.8 Å². The lowest BCUT2D eigenvalue weighted by Crippen LogP contribution is -2.36. The van der Waals surface area contributed by atoms with Gasteiger partial charge in [-0.2, -0.15) is 0 Å². The van der Waals surface area contributed by atoms with Crippen LogP contribution in [0.2, 0.25) is 0 Å². The Morgan fingerprint density at radius 2 is 2.21 bits per heavy atom. The lowest BCUT2D eigenvalue weighted by molar-refractivity contribution is -0.138. The molecule has 0 bridgehead atoms. The van der Waals surface area contributed by atoms with Crippen LogP contribution in [0.4, 0.5) is 4.79 Å². The van der Waals surface area contributed by atoms with E-state index in [0.29, 0.717) is 12.3 Å². The third kappa shape index (κ3) is 7.04. The van der Waals surface area contributed by atoms with Crippen molar-refractivity contribution in [2.24, 2.45) is 0 Å². The minimum atomic E-state index is -0.909. The molecule has 0 unspecified atom stereocenters. The van der Waals surface area contributed by atoms with Crippen LogP contribution in [0.15, 0.2) is 10.6 Å². The van der Waals surface area contributed by atoms with E-state index < -0.39 is 5.97 Å². The van der Waals surface area contributed by atoms with Crippen LogP contribution in [0.25, 0.3) is 0 Å². The van der Waals surface area contributed by atoms with E-state index >= 15 is 0 Å². The van der Waals surface area contributed by atoms with E-state index in [1.54, 1.807) is 13.0 Å². The maximum atomic E-state index is 11.3. The van der Waals surface area contributed by atoms with Gasteiger partial charge in [0.05, 0.1) is 31.9 Å². The summed E-state index contributed by atoms with van der Waals surface area (Å²) in [4.78, 5) is 21.5. The van der Waals surface area contributed by atoms with Gasteiger partial charge in [0.2, 0.25) is 0 Å². The Balaban J connectivity index is 2.00. The normalized spacial score (nSPS) is 10.2. The SMILES string of the molecule is Cc1cc(CNC(=O)NCCOCCC(=O)O)on1. The van der Waals surface area contributed by atoms with Gasteiger partial charge in [0, 0.05) is 12.6 Å². The molecule has 1 aromatic heterocycles. The number of rotatable bonds is 8. The molecule has 0 atom stereocenters. The number of carbonyl (C=O) groups is 2. The van der Waals surface area contributed by atoms with Gasteiger partial charge >= 0.3 is 12.0 Å². The van der Waals surface area contributed by atoms with E-state index in [-0.39, 0.29) is 32.2 Å². The van der Waals surface area contributed by atoms with E-state index in [2.05, 4.69) is 15.8 Å². The summed E-state index contributed by atoms with van der Waals surface area (Å²) in [6, 6.07) is 1.38. The fraction of sp³-hybridized carbons (Fsp3) is 0.545. The number of urea groups is 1. The number of amides is 2. The molecule has 1 rings (SSSR count). The average molecular weight is 271 g/mol. The highest BCUT2D eigenvalue weighted by Gasteiger charge is 2.03. The highest BCUT2D eigenvalue weighted by Crippen LogP contribution is 2.00. The molecule has 2 amide bonds. The van der Waals surface area contributed by atoms with Crippen molar-refractivity contribution < 1.29 is 24.0 Å². The van der Waals surface area contributed by atoms with Gasteiger partial charge in [0.25, 0.3) is 0 Å². The molecule has 0 aliphatic carbocycles. The summed E-state index contributed by atoms with van der Waals surface area (Å²) in [6.45, 7) is 2.76. The zero-order chi connectivity index (χ0) is 14.1. The van der Waals surface area contributed by atoms with Gasteiger partial charge in [0.1, 0.15) is 0 Å². The van der Waals surface area contributed by atoms with Crippen molar-refractivity contribution in [3.8, 4) is 0 Å². The smallest absolute Gasteiger partial charge is 0.315 e. The molecule has 0 aliphatic heterocycles. The van der Waals surface area contributed by atoms with Crippen molar-refractivity contribution in [3.05, 3.63) is 17.5 Å². The van der Waals surface area contributed by atoms with E-state index in [1.807, 2.05) is 0 Å². The van der Waals surface area contributed by atoms with Gasteiger partial charge in [-0.15, -0.1) is 0 Å². The predicted octanol–water partition coefficient (Wildman–Crippen LogP) is 0.274. The summed E-state index contributed by atoms with van der Waals surface area (Å²) >= 11 is 0. The second kappa shape index (κ2) is 8.09. The highest BCUT2D eigenvalue weighted by atomic mass is 16.5. The summed E-state index contributed by atoms with van der Waals surface area (Å²) in [5.41, 5.74) is 0.754. The number of ether oxygens (including phenoxy) is 1. The third-order valence-corrected chi connectivity index (χ3v) is 2.09. The first kappa shape index (κ1) is 15.0. The first-order chi connectivity index (χ1) is 9.08. The van der Waals surface area contributed by atoms with E-state index in [0.717, 1.165) is 5.69 Å². The second-order valence-electron chi connectivity index (χ2n) is 3.80. The maximum Gasteiger partial charge on any atom is 0.315 e. The van der Waals surface area contributed by atoms with Gasteiger partial charge in [-0.25, -0.2) is 4.79 Å². The molecular weight excluding hydrogens is 254 g/mol. The standard InChI is InChI=1S/C11H17N3O5/c1-8-6-9(19-14-8)7-13-11(17)12-3-5-18-4-2-10(15)16/h6H,2-5,7H2,1H3,(H,15,16)(H2,12,13,17). The Labute approximate surface area is 110 Å². The molecule has 0 aromatic carbocycles. The van der Waals surface area contributed by atoms with Crippen molar-refractivity contribution in [2.75, 3.05) is 19.8 Å².